The van der Waals surface area contributed by atoms with E-state index < -0.39 is 42.7 Å². The van der Waals surface area contributed by atoms with Gasteiger partial charge in [0.25, 0.3) is 0 Å². The number of amides is 5. The summed E-state index contributed by atoms with van der Waals surface area (Å²) in [7, 11) is 1.79. The summed E-state index contributed by atoms with van der Waals surface area (Å²) in [6, 6.07) is 15.7. The summed E-state index contributed by atoms with van der Waals surface area (Å²) < 4.78 is 21.3. The van der Waals surface area contributed by atoms with Crippen LogP contribution in [0.25, 0.3) is 37.9 Å². The maximum Gasteiger partial charge on any atom is 0.322 e. The molecule has 0 unspecified atom stereocenters. The summed E-state index contributed by atoms with van der Waals surface area (Å²) in [4.78, 5) is 88.4. The zero-order valence-corrected chi connectivity index (χ0v) is 47.8. The fraction of sp³-hybridized carbons (Fsp3) is 0.441. The molecule has 428 valence electrons. The molecular formula is C59H65ClFN13O7S. The molecule has 20 nitrogen and oxygen atoms in total. The zero-order valence-electron chi connectivity index (χ0n) is 46.2. The van der Waals surface area contributed by atoms with Crippen molar-refractivity contribution < 1.29 is 38.3 Å². The molecule has 4 aromatic heterocycles. The lowest BCUT2D eigenvalue weighted by Gasteiger charge is -2.36. The van der Waals surface area contributed by atoms with Crippen LogP contribution >= 0.6 is 22.9 Å². The normalized spacial score (nSPS) is 18.7. The number of aliphatic imine (C=N–C) groups is 1. The number of carbonyl (C=O) groups excluding carboxylic acids is 5. The van der Waals surface area contributed by atoms with Gasteiger partial charge in [-0.25, -0.2) is 4.39 Å². The number of hydrogen-bond acceptors (Lipinski definition) is 12. The number of carboxylic acids is 1. The Labute approximate surface area is 481 Å². The molecule has 11 rings (SSSR count). The van der Waals surface area contributed by atoms with Gasteiger partial charge in [-0.2, -0.15) is 10.2 Å². The molecule has 7 aromatic rings. The second-order valence-electron chi connectivity index (χ2n) is 22.2. The smallest absolute Gasteiger partial charge is 0.322 e. The van der Waals surface area contributed by atoms with Gasteiger partial charge in [-0.3, -0.25) is 47.7 Å². The number of thiophene rings is 1. The number of aliphatic carboxylic acids is 1. The molecule has 4 aliphatic rings. The Hall–Kier alpha value is -7.85. The van der Waals surface area contributed by atoms with Crippen molar-refractivity contribution in [3.05, 3.63) is 111 Å². The van der Waals surface area contributed by atoms with Crippen LogP contribution in [-0.2, 0) is 42.4 Å². The van der Waals surface area contributed by atoms with Crippen LogP contribution in [-0.4, -0.2) is 136 Å². The number of aromatic nitrogens is 7. The van der Waals surface area contributed by atoms with E-state index in [-0.39, 0.29) is 54.4 Å². The average Bonchev–Trinajstić information content (AvgIpc) is 4.34. The Balaban J connectivity index is 0.677. The third-order valence-corrected chi connectivity index (χ3v) is 18.4. The van der Waals surface area contributed by atoms with E-state index in [9.17, 15) is 28.8 Å². The predicted molar refractivity (Wildman–Crippen MR) is 307 cm³/mol. The van der Waals surface area contributed by atoms with Gasteiger partial charge in [0, 0.05) is 94.9 Å². The van der Waals surface area contributed by atoms with Crippen LogP contribution in [0.1, 0.15) is 109 Å². The quantitative estimate of drug-likeness (QED) is 0.0806. The first-order valence-electron chi connectivity index (χ1n) is 28.1. The number of fused-ring (bicyclic) bond motifs is 5. The number of piperidine rings is 2. The molecule has 0 spiro atoms. The molecule has 1 saturated carbocycles. The number of benzene rings is 3. The van der Waals surface area contributed by atoms with E-state index in [1.807, 2.05) is 57.7 Å². The molecule has 3 aromatic carbocycles. The third-order valence-electron chi connectivity index (χ3n) is 17.0. The van der Waals surface area contributed by atoms with Gasteiger partial charge in [0.15, 0.2) is 5.82 Å². The Morgan fingerprint density at radius 1 is 0.793 bits per heavy atom. The van der Waals surface area contributed by atoms with Gasteiger partial charge in [0.05, 0.1) is 41.6 Å². The van der Waals surface area contributed by atoms with E-state index >= 15 is 4.39 Å². The average molecular weight is 1150 g/mol. The Bertz CT molecular complexity index is 3680. The highest BCUT2D eigenvalue weighted by Crippen LogP contribution is 2.43. The molecule has 23 heteroatoms. The van der Waals surface area contributed by atoms with E-state index in [2.05, 4.69) is 45.1 Å². The second-order valence-corrected chi connectivity index (χ2v) is 23.8. The number of carbonyl (C=O) groups is 6. The van der Waals surface area contributed by atoms with Crippen molar-refractivity contribution in [2.24, 2.45) is 29.8 Å². The molecule has 0 radical (unpaired) electrons. The molecule has 1 atom stereocenters. The fourth-order valence-electron chi connectivity index (χ4n) is 12.3. The van der Waals surface area contributed by atoms with Crippen LogP contribution in [0.15, 0.2) is 65.8 Å². The zero-order chi connectivity index (χ0) is 57.5. The third kappa shape index (κ3) is 11.4. The van der Waals surface area contributed by atoms with Crippen molar-refractivity contribution in [2.45, 2.75) is 97.1 Å². The minimum Gasteiger partial charge on any atom is -0.480 e. The number of likely N-dealkylation sites (tertiary alicyclic amines) is 2. The van der Waals surface area contributed by atoms with Crippen LogP contribution in [0.3, 0.4) is 0 Å². The number of rotatable bonds is 15. The molecule has 3 aliphatic heterocycles. The van der Waals surface area contributed by atoms with Crippen molar-refractivity contribution in [1.82, 2.24) is 60.1 Å². The standard InChI is InChI=1S/C59H65ClFN13O7S/c1-32-33(2)82-59-52(32)54(36-12-14-41(60)15-13-36)66-45(56-68-67-34(3)74(56)59)26-50(77)71-20-18-38(19-21-71)57(80)64-27-35-8-10-39(11-9-35)58(81)72-22-16-37(17-23-72)55-53-42(43-25-47-40(24-44(43)61)28-65-70(47)4)6-5-7-46(53)73(69-55)31-49(76)62-29-48(75)63-30-51(78)79/h5-7,12-15,24-25,28,35,37-39,45H,8-11,16-23,26-27,29-31H2,1-4H3,(H,62,76)(H,63,75)(H,64,80)(H,78,79)/t35?,39?,45-/m0/s1. The van der Waals surface area contributed by atoms with Gasteiger partial charge in [0.2, 0.25) is 29.5 Å². The lowest BCUT2D eigenvalue weighted by Crippen LogP contribution is -2.45. The number of nitrogens with one attached hydrogen (secondary N) is 3. The number of hydrogen-bond donors (Lipinski definition) is 4. The first kappa shape index (κ1) is 56.0. The van der Waals surface area contributed by atoms with Crippen molar-refractivity contribution in [3.63, 3.8) is 0 Å². The molecule has 1 aliphatic carbocycles. The highest BCUT2D eigenvalue weighted by Gasteiger charge is 2.37. The first-order chi connectivity index (χ1) is 39.5. The topological polar surface area (TPSA) is 244 Å². The van der Waals surface area contributed by atoms with E-state index in [1.165, 1.54) is 10.9 Å². The largest absolute Gasteiger partial charge is 0.480 e. The first-order valence-corrected chi connectivity index (χ1v) is 29.3. The Morgan fingerprint density at radius 2 is 1.51 bits per heavy atom. The highest BCUT2D eigenvalue weighted by molar-refractivity contribution is 7.15. The van der Waals surface area contributed by atoms with Crippen LogP contribution < -0.4 is 16.0 Å². The maximum absolute atomic E-state index is 16.0. The summed E-state index contributed by atoms with van der Waals surface area (Å²) in [5, 5.41) is 38.1. The Morgan fingerprint density at radius 3 is 2.24 bits per heavy atom. The molecule has 2 saturated heterocycles. The maximum atomic E-state index is 16.0. The van der Waals surface area contributed by atoms with Gasteiger partial charge in [-0.1, -0.05) is 35.9 Å². The molecule has 5 amide bonds. The molecular weight excluding hydrogens is 1090 g/mol. The number of nitrogens with zero attached hydrogens (tertiary/aromatic N) is 10. The van der Waals surface area contributed by atoms with Gasteiger partial charge in [-0.05, 0) is 120 Å². The van der Waals surface area contributed by atoms with E-state index in [0.29, 0.717) is 102 Å². The number of aryl methyl sites for hydroxylation is 3. The summed E-state index contributed by atoms with van der Waals surface area (Å²) >= 11 is 7.96. The van der Waals surface area contributed by atoms with Gasteiger partial charge < -0.3 is 30.9 Å². The van der Waals surface area contributed by atoms with Gasteiger partial charge in [0.1, 0.15) is 35.8 Å². The molecule has 82 heavy (non-hydrogen) atoms. The van der Waals surface area contributed by atoms with Crippen LogP contribution in [0, 0.1) is 44.3 Å². The monoisotopic (exact) mass is 1150 g/mol. The predicted octanol–water partition coefficient (Wildman–Crippen LogP) is 7.12. The summed E-state index contributed by atoms with van der Waals surface area (Å²) in [5.74, 6) is -1.60. The van der Waals surface area contributed by atoms with E-state index in [4.69, 9.17) is 26.8 Å². The second kappa shape index (κ2) is 23.6. The van der Waals surface area contributed by atoms with Gasteiger partial charge >= 0.3 is 5.97 Å². The fourth-order valence-corrected chi connectivity index (χ4v) is 13.7. The number of halogens is 2. The van der Waals surface area contributed by atoms with Crippen molar-refractivity contribution in [1.29, 1.82) is 0 Å². The SMILES string of the molecule is Cc1sc2c(c1C)C(c1ccc(Cl)cc1)=N[C@@H](CC(=O)N1CCC(C(=O)NCC3CCC(C(=O)N4CCC(c5nn(CC(=O)NCC(=O)NCC(=O)O)c6cccc(-c7cc8c(cnn8C)cc7F)c56)CC4)CC3)CC1)c1nnc(C)n1-2. The molecule has 4 N–H and O–H groups in total. The molecule has 0 bridgehead atoms. The van der Waals surface area contributed by atoms with Crippen LogP contribution in [0.2, 0.25) is 5.02 Å². The van der Waals surface area contributed by atoms with E-state index in [0.717, 1.165) is 64.4 Å². The number of carboxylic acid groups (broad SMARTS) is 1. The van der Waals surface area contributed by atoms with Crippen molar-refractivity contribution in [2.75, 3.05) is 45.8 Å². The molecule has 3 fully saturated rings. The molecule has 7 heterocycles. The summed E-state index contributed by atoms with van der Waals surface area (Å²) in [6.45, 7) is 7.32. The van der Waals surface area contributed by atoms with Crippen molar-refractivity contribution in [3.8, 4) is 16.1 Å². The minimum atomic E-state index is -1.21. The summed E-state index contributed by atoms with van der Waals surface area (Å²) in [5.41, 5.74) is 6.80. The lowest BCUT2D eigenvalue weighted by molar-refractivity contribution is -0.138. The Kier molecular flexibility index (Phi) is 16.1. The highest BCUT2D eigenvalue weighted by atomic mass is 35.5. The van der Waals surface area contributed by atoms with Crippen LogP contribution in [0.4, 0.5) is 4.39 Å². The van der Waals surface area contributed by atoms with E-state index in [1.54, 1.807) is 46.1 Å². The summed E-state index contributed by atoms with van der Waals surface area (Å²) in [6.07, 6.45) is 7.11. The van der Waals surface area contributed by atoms with Gasteiger partial charge in [-0.15, -0.1) is 21.5 Å². The minimum absolute atomic E-state index is 0.00106. The lowest BCUT2D eigenvalue weighted by atomic mass is 9.80. The van der Waals surface area contributed by atoms with Crippen molar-refractivity contribution >= 4 is 86.0 Å². The van der Waals surface area contributed by atoms with Crippen LogP contribution in [0.5, 0.6) is 0 Å².